The van der Waals surface area contributed by atoms with Crippen molar-refractivity contribution in [2.24, 2.45) is 0 Å². The molecule has 0 heterocycles. The van der Waals surface area contributed by atoms with Crippen LogP contribution in [0.4, 0.5) is 0 Å². The lowest BCUT2D eigenvalue weighted by atomic mass is 9.99. The van der Waals surface area contributed by atoms with Crippen molar-refractivity contribution in [1.82, 2.24) is 0 Å². The number of hydrogen-bond donors (Lipinski definition) is 0. The van der Waals surface area contributed by atoms with Crippen LogP contribution in [-0.2, 0) is 14.3 Å². The van der Waals surface area contributed by atoms with E-state index in [1.54, 1.807) is 25.7 Å². The summed E-state index contributed by atoms with van der Waals surface area (Å²) in [5.41, 5.74) is 0. The van der Waals surface area contributed by atoms with E-state index in [1.165, 1.54) is 7.11 Å². The van der Waals surface area contributed by atoms with Gasteiger partial charge in [0.15, 0.2) is 0 Å². The zero-order valence-corrected chi connectivity index (χ0v) is 7.45. The van der Waals surface area contributed by atoms with Crippen LogP contribution in [0.3, 0.4) is 0 Å². The summed E-state index contributed by atoms with van der Waals surface area (Å²) in [5.74, 6) is 0.291. The van der Waals surface area contributed by atoms with Crippen LogP contribution in [0.15, 0.2) is 0 Å². The van der Waals surface area contributed by atoms with Gasteiger partial charge in [-0.15, -0.1) is 0 Å². The lowest BCUT2D eigenvalue weighted by Gasteiger charge is -2.04. The molecule has 0 unspecified atom stereocenters. The van der Waals surface area contributed by atoms with Crippen LogP contribution < -0.4 is 0 Å². The van der Waals surface area contributed by atoms with Crippen LogP contribution in [0, 0.1) is 31.6 Å². The van der Waals surface area contributed by atoms with Crippen LogP contribution in [0.1, 0.15) is 12.8 Å². The number of carbonyl (C=O) groups is 2. The second-order valence-corrected chi connectivity index (χ2v) is 2.67. The van der Waals surface area contributed by atoms with Crippen molar-refractivity contribution in [3.05, 3.63) is 31.6 Å². The highest BCUT2D eigenvalue weighted by atomic mass is 16.5. The Morgan fingerprint density at radius 3 is 2.38 bits per heavy atom. The summed E-state index contributed by atoms with van der Waals surface area (Å²) in [6.07, 6.45) is 7.44. The maximum Gasteiger partial charge on any atom is 0.305 e. The second-order valence-electron chi connectivity index (χ2n) is 2.67. The monoisotopic (exact) mass is 179 g/mol. The van der Waals surface area contributed by atoms with E-state index in [1.807, 2.05) is 0 Å². The summed E-state index contributed by atoms with van der Waals surface area (Å²) >= 11 is 0. The summed E-state index contributed by atoms with van der Waals surface area (Å²) in [7, 11) is 1.31. The van der Waals surface area contributed by atoms with Crippen LogP contribution in [0.2, 0.25) is 0 Å². The minimum atomic E-state index is -0.347. The van der Waals surface area contributed by atoms with Crippen molar-refractivity contribution in [3.8, 4) is 0 Å². The number of ether oxygens (including phenoxy) is 1. The van der Waals surface area contributed by atoms with E-state index in [-0.39, 0.29) is 24.6 Å². The quantitative estimate of drug-likeness (QED) is 0.602. The number of carbonyl (C=O) groups excluding carboxylic acids is 2. The molecule has 0 aliphatic heterocycles. The highest BCUT2D eigenvalue weighted by Crippen LogP contribution is 2.25. The SMILES string of the molecule is COC(=O)CCC(=O)[C]1[CH][CH][CH][CH]1. The Morgan fingerprint density at radius 1 is 1.23 bits per heavy atom. The average molecular weight is 179 g/mol. The third kappa shape index (κ3) is 3.17. The van der Waals surface area contributed by atoms with Gasteiger partial charge in [0.1, 0.15) is 5.78 Å². The molecule has 1 rings (SSSR count). The van der Waals surface area contributed by atoms with Crippen LogP contribution >= 0.6 is 0 Å². The smallest absolute Gasteiger partial charge is 0.305 e. The first-order valence-electron chi connectivity index (χ1n) is 4.06. The Morgan fingerprint density at radius 2 is 1.85 bits per heavy atom. The largest absolute Gasteiger partial charge is 0.469 e. The molecule has 0 amide bonds. The van der Waals surface area contributed by atoms with Crippen LogP contribution in [0.5, 0.6) is 0 Å². The van der Waals surface area contributed by atoms with Gasteiger partial charge in [-0.25, -0.2) is 0 Å². The fourth-order valence-electron chi connectivity index (χ4n) is 1.02. The molecule has 0 spiro atoms. The molecule has 0 aromatic rings. The highest BCUT2D eigenvalue weighted by molar-refractivity contribution is 5.98. The predicted octanol–water partition coefficient (Wildman–Crippen LogP) is 0.914. The van der Waals surface area contributed by atoms with Gasteiger partial charge in [-0.1, -0.05) is 0 Å². The minimum Gasteiger partial charge on any atom is -0.469 e. The minimum absolute atomic E-state index is 0.0181. The molecule has 0 atom stereocenters. The van der Waals surface area contributed by atoms with Crippen molar-refractivity contribution in [2.45, 2.75) is 12.8 Å². The topological polar surface area (TPSA) is 43.4 Å². The fourth-order valence-corrected chi connectivity index (χ4v) is 1.02. The van der Waals surface area contributed by atoms with Gasteiger partial charge < -0.3 is 4.74 Å². The summed E-state index contributed by atoms with van der Waals surface area (Å²) in [4.78, 5) is 22.0. The Labute approximate surface area is 78.5 Å². The zero-order valence-electron chi connectivity index (χ0n) is 7.45. The molecule has 1 fully saturated rings. The molecule has 0 saturated heterocycles. The maximum atomic E-state index is 11.3. The Bertz CT molecular complexity index is 192. The molecule has 1 aliphatic carbocycles. The van der Waals surface area contributed by atoms with E-state index in [2.05, 4.69) is 4.74 Å². The van der Waals surface area contributed by atoms with Gasteiger partial charge >= 0.3 is 5.97 Å². The van der Waals surface area contributed by atoms with Crippen LogP contribution in [-0.4, -0.2) is 18.9 Å². The first-order chi connectivity index (χ1) is 6.24. The fraction of sp³-hybridized carbons (Fsp3) is 0.300. The number of esters is 1. The van der Waals surface area contributed by atoms with Gasteiger partial charge in [0.25, 0.3) is 0 Å². The van der Waals surface area contributed by atoms with Gasteiger partial charge in [0, 0.05) is 12.3 Å². The molecule has 0 N–H and O–H groups in total. The van der Waals surface area contributed by atoms with E-state index < -0.39 is 0 Å². The second kappa shape index (κ2) is 5.00. The molecule has 3 nitrogen and oxygen atoms in total. The average Bonchev–Trinajstić information content (AvgIpc) is 2.66. The van der Waals surface area contributed by atoms with E-state index in [4.69, 9.17) is 0 Å². The van der Waals surface area contributed by atoms with Crippen molar-refractivity contribution >= 4 is 11.8 Å². The van der Waals surface area contributed by atoms with E-state index in [0.717, 1.165) is 0 Å². The predicted molar refractivity (Wildman–Crippen MR) is 46.7 cm³/mol. The third-order valence-electron chi connectivity index (χ3n) is 1.77. The summed E-state index contributed by atoms with van der Waals surface area (Å²) in [6.45, 7) is 0. The molecule has 5 radical (unpaired) electrons. The molecule has 69 valence electrons. The lowest BCUT2D eigenvalue weighted by Crippen LogP contribution is -2.12. The highest BCUT2D eigenvalue weighted by Gasteiger charge is 2.24. The third-order valence-corrected chi connectivity index (χ3v) is 1.77. The van der Waals surface area contributed by atoms with Crippen molar-refractivity contribution in [1.29, 1.82) is 0 Å². The van der Waals surface area contributed by atoms with E-state index in [9.17, 15) is 9.59 Å². The zero-order chi connectivity index (χ0) is 9.68. The first kappa shape index (κ1) is 10.2. The van der Waals surface area contributed by atoms with Gasteiger partial charge in [0.05, 0.1) is 13.5 Å². The number of hydrogen-bond acceptors (Lipinski definition) is 3. The first-order valence-corrected chi connectivity index (χ1v) is 4.06. The molecule has 1 saturated carbocycles. The number of Topliss-reactive ketones (excluding diaryl/α,β-unsaturated/α-hetero) is 1. The van der Waals surface area contributed by atoms with Crippen molar-refractivity contribution in [2.75, 3.05) is 7.11 Å². The molecule has 0 aromatic heterocycles. The lowest BCUT2D eigenvalue weighted by molar-refractivity contribution is -0.141. The molecule has 13 heavy (non-hydrogen) atoms. The molecular formula is C10H11O3. The Balaban J connectivity index is 2.20. The molecular weight excluding hydrogens is 168 g/mol. The molecule has 3 heteroatoms. The standard InChI is InChI=1S/C10H11O3/c1-13-10(12)7-6-9(11)8-4-2-3-5-8/h2-5H,6-7H2,1H3. The van der Waals surface area contributed by atoms with E-state index in [0.29, 0.717) is 5.92 Å². The van der Waals surface area contributed by atoms with Crippen molar-refractivity contribution in [3.63, 3.8) is 0 Å². The number of ketones is 1. The van der Waals surface area contributed by atoms with Crippen molar-refractivity contribution < 1.29 is 14.3 Å². The number of rotatable bonds is 4. The Kier molecular flexibility index (Phi) is 3.93. The molecule has 0 aromatic carbocycles. The summed E-state index contributed by atoms with van der Waals surface area (Å²) < 4.78 is 4.43. The molecule has 0 bridgehead atoms. The van der Waals surface area contributed by atoms with Crippen LogP contribution in [0.25, 0.3) is 0 Å². The molecule has 1 aliphatic rings. The normalized spacial score (nSPS) is 17.3. The Hall–Kier alpha value is -0.860. The van der Waals surface area contributed by atoms with Gasteiger partial charge in [-0.3, -0.25) is 9.59 Å². The van der Waals surface area contributed by atoms with Gasteiger partial charge in [-0.2, -0.15) is 0 Å². The maximum absolute atomic E-state index is 11.3. The summed E-state index contributed by atoms with van der Waals surface area (Å²) in [5, 5.41) is 0. The van der Waals surface area contributed by atoms with Gasteiger partial charge in [0.2, 0.25) is 0 Å². The van der Waals surface area contributed by atoms with Gasteiger partial charge in [-0.05, 0) is 25.7 Å². The van der Waals surface area contributed by atoms with E-state index >= 15 is 0 Å². The summed E-state index contributed by atoms with van der Waals surface area (Å²) in [6, 6.07) is 0. The number of methoxy groups -OCH3 is 1.